The summed E-state index contributed by atoms with van der Waals surface area (Å²) in [6.07, 6.45) is 0. The van der Waals surface area contributed by atoms with Crippen LogP contribution >= 0.6 is 23.2 Å². The molecule has 0 unspecified atom stereocenters. The maximum Gasteiger partial charge on any atom is 0.315 e. The number of rotatable bonds is 2. The molecule has 0 spiro atoms. The first-order valence-corrected chi connectivity index (χ1v) is 8.82. The fourth-order valence-electron chi connectivity index (χ4n) is 3.24. The molecule has 0 amide bonds. The van der Waals surface area contributed by atoms with Gasteiger partial charge in [-0.1, -0.05) is 29.3 Å². The van der Waals surface area contributed by atoms with Gasteiger partial charge in [-0.2, -0.15) is 8.78 Å². The van der Waals surface area contributed by atoms with Crippen LogP contribution in [-0.2, 0) is 10.3 Å². The summed E-state index contributed by atoms with van der Waals surface area (Å²) in [6.45, 7) is 3.54. The summed E-state index contributed by atoms with van der Waals surface area (Å²) >= 11 is 12.0. The molecule has 2 aromatic rings. The highest BCUT2D eigenvalue weighted by Gasteiger charge is 2.66. The van der Waals surface area contributed by atoms with Gasteiger partial charge in [-0.05, 0) is 62.2 Å². The minimum absolute atomic E-state index is 0.341. The van der Waals surface area contributed by atoms with Gasteiger partial charge in [-0.15, -0.1) is 0 Å². The van der Waals surface area contributed by atoms with Gasteiger partial charge in [-0.3, -0.25) is 0 Å². The monoisotopic (exact) mass is 416 g/mol. The summed E-state index contributed by atoms with van der Waals surface area (Å²) in [4.78, 5) is 3.69. The molecule has 8 heteroatoms. The first kappa shape index (κ1) is 19.8. The first-order valence-electron chi connectivity index (χ1n) is 8.06. The zero-order valence-corrected chi connectivity index (χ0v) is 16.3. The predicted molar refractivity (Wildman–Crippen MR) is 101 cm³/mol. The van der Waals surface area contributed by atoms with Gasteiger partial charge >= 0.3 is 5.92 Å². The summed E-state index contributed by atoms with van der Waals surface area (Å²) in [6, 6.07) is 8.16. The lowest BCUT2D eigenvalue weighted by molar-refractivity contribution is -0.215. The molecule has 0 saturated carbocycles. The number of ether oxygens (including phenoxy) is 1. The molecule has 0 bridgehead atoms. The molecule has 1 heterocycles. The Morgan fingerprint density at radius 2 is 1.56 bits per heavy atom. The molecule has 0 fully saturated rings. The number of alkyl halides is 2. The van der Waals surface area contributed by atoms with Crippen LogP contribution in [0.3, 0.4) is 0 Å². The van der Waals surface area contributed by atoms with Gasteiger partial charge in [0.25, 0.3) is 6.02 Å². The molecule has 27 heavy (non-hydrogen) atoms. The Kier molecular flexibility index (Phi) is 4.64. The van der Waals surface area contributed by atoms with Crippen molar-refractivity contribution < 1.29 is 17.9 Å². The Morgan fingerprint density at radius 3 is 2.15 bits per heavy atom. The molecule has 1 aliphatic rings. The highest BCUT2D eigenvalue weighted by Crippen LogP contribution is 2.52. The molecule has 1 aliphatic heterocycles. The molecule has 2 aromatic carbocycles. The molecule has 0 radical (unpaired) electrons. The molecule has 0 aromatic heterocycles. The van der Waals surface area contributed by atoms with Crippen molar-refractivity contribution in [2.75, 3.05) is 0 Å². The van der Waals surface area contributed by atoms with Crippen LogP contribution in [0.5, 0.6) is 0 Å². The smallest absolute Gasteiger partial charge is 0.315 e. The normalized spacial score (nSPS) is 23.5. The Bertz CT molecular complexity index is 926. The van der Waals surface area contributed by atoms with E-state index in [0.29, 0.717) is 21.2 Å². The van der Waals surface area contributed by atoms with Crippen molar-refractivity contribution >= 4 is 29.2 Å². The minimum atomic E-state index is -3.55. The van der Waals surface area contributed by atoms with E-state index in [1.165, 1.54) is 32.0 Å². The Balaban J connectivity index is 2.21. The largest absolute Gasteiger partial charge is 0.448 e. The van der Waals surface area contributed by atoms with Gasteiger partial charge in [0.1, 0.15) is 11.4 Å². The second kappa shape index (κ2) is 6.31. The number of hydrogen-bond donors (Lipinski definition) is 1. The third kappa shape index (κ3) is 3.15. The van der Waals surface area contributed by atoms with Crippen molar-refractivity contribution in [2.45, 2.75) is 37.8 Å². The van der Waals surface area contributed by atoms with E-state index in [1.807, 2.05) is 0 Å². The SMILES string of the molecule is CC1(C)N=C(N)O[C@](C)(c2cc(-c3cc(Cl)cc(Cl)c3)ccc2F)C1(F)F. The molecule has 1 atom stereocenters. The topological polar surface area (TPSA) is 47.6 Å². The molecular weight excluding hydrogens is 400 g/mol. The third-order valence-corrected chi connectivity index (χ3v) is 5.18. The lowest BCUT2D eigenvalue weighted by atomic mass is 9.77. The molecule has 0 saturated heterocycles. The van der Waals surface area contributed by atoms with Gasteiger partial charge in [-0.25, -0.2) is 9.38 Å². The van der Waals surface area contributed by atoms with Crippen molar-refractivity contribution in [1.82, 2.24) is 0 Å². The number of nitrogens with zero attached hydrogens (tertiary/aromatic N) is 1. The van der Waals surface area contributed by atoms with Crippen molar-refractivity contribution in [3.8, 4) is 11.1 Å². The lowest BCUT2D eigenvalue weighted by Crippen LogP contribution is -2.62. The summed E-state index contributed by atoms with van der Waals surface area (Å²) in [5.74, 6) is -4.39. The lowest BCUT2D eigenvalue weighted by Gasteiger charge is -2.47. The summed E-state index contributed by atoms with van der Waals surface area (Å²) < 4.78 is 50.3. The number of nitrogens with two attached hydrogens (primary N) is 1. The highest BCUT2D eigenvalue weighted by molar-refractivity contribution is 6.35. The summed E-state index contributed by atoms with van der Waals surface area (Å²) in [5.41, 5.74) is 2.05. The predicted octanol–water partition coefficient (Wildman–Crippen LogP) is 5.77. The van der Waals surface area contributed by atoms with Crippen LogP contribution in [0.15, 0.2) is 41.4 Å². The van der Waals surface area contributed by atoms with Crippen LogP contribution in [-0.4, -0.2) is 17.5 Å². The number of hydrogen-bond acceptors (Lipinski definition) is 3. The van der Waals surface area contributed by atoms with E-state index in [4.69, 9.17) is 33.7 Å². The fraction of sp³-hybridized carbons (Fsp3) is 0.316. The van der Waals surface area contributed by atoms with E-state index < -0.39 is 28.9 Å². The second-order valence-electron chi connectivity index (χ2n) is 7.07. The van der Waals surface area contributed by atoms with Crippen LogP contribution in [0.25, 0.3) is 11.1 Å². The number of amidine groups is 1. The average Bonchev–Trinajstić information content (AvgIpc) is 2.52. The zero-order chi connectivity index (χ0) is 20.2. The number of aliphatic imine (C=N–C) groups is 1. The standard InChI is InChI=1S/C19H17Cl2F3N2O/c1-17(2)19(23,24)18(3,27-16(25)26-17)14-8-10(4-5-15(14)22)11-6-12(20)9-13(21)7-11/h4-9H,1-3H3,(H2,25,26)/t18-/m1/s1. The molecule has 3 rings (SSSR count). The van der Waals surface area contributed by atoms with E-state index in [-0.39, 0.29) is 5.56 Å². The highest BCUT2D eigenvalue weighted by atomic mass is 35.5. The molecule has 144 valence electrons. The Labute approximate surface area is 164 Å². The summed E-state index contributed by atoms with van der Waals surface area (Å²) in [5, 5.41) is 0.734. The Morgan fingerprint density at radius 1 is 0.963 bits per heavy atom. The van der Waals surface area contributed by atoms with Gasteiger partial charge in [0.2, 0.25) is 5.60 Å². The van der Waals surface area contributed by atoms with Crippen LogP contribution in [0.2, 0.25) is 10.0 Å². The van der Waals surface area contributed by atoms with Gasteiger partial charge in [0.05, 0.1) is 0 Å². The third-order valence-electron chi connectivity index (χ3n) is 4.74. The van der Waals surface area contributed by atoms with Crippen molar-refractivity contribution in [2.24, 2.45) is 10.7 Å². The fourth-order valence-corrected chi connectivity index (χ4v) is 3.77. The van der Waals surface area contributed by atoms with Gasteiger partial charge < -0.3 is 10.5 Å². The number of halogens is 5. The van der Waals surface area contributed by atoms with Gasteiger partial charge in [0.15, 0.2) is 0 Å². The van der Waals surface area contributed by atoms with E-state index in [2.05, 4.69) is 4.99 Å². The molecule has 3 nitrogen and oxygen atoms in total. The van der Waals surface area contributed by atoms with Crippen molar-refractivity contribution in [1.29, 1.82) is 0 Å². The van der Waals surface area contributed by atoms with E-state index in [9.17, 15) is 4.39 Å². The minimum Gasteiger partial charge on any atom is -0.448 e. The van der Waals surface area contributed by atoms with Crippen LogP contribution in [0, 0.1) is 5.82 Å². The van der Waals surface area contributed by atoms with Crippen LogP contribution < -0.4 is 5.73 Å². The Hall–Kier alpha value is -1.92. The molecular formula is C19H17Cl2F3N2O. The average molecular weight is 417 g/mol. The van der Waals surface area contributed by atoms with Gasteiger partial charge in [0, 0.05) is 15.6 Å². The van der Waals surface area contributed by atoms with E-state index in [1.54, 1.807) is 12.1 Å². The number of benzene rings is 2. The maximum absolute atomic E-state index is 15.2. The van der Waals surface area contributed by atoms with Crippen molar-refractivity contribution in [3.63, 3.8) is 0 Å². The maximum atomic E-state index is 15.2. The quantitative estimate of drug-likeness (QED) is 0.674. The molecule has 0 aliphatic carbocycles. The first-order chi connectivity index (χ1) is 12.4. The summed E-state index contributed by atoms with van der Waals surface area (Å²) in [7, 11) is 0. The zero-order valence-electron chi connectivity index (χ0n) is 14.8. The molecule has 2 N–H and O–H groups in total. The van der Waals surface area contributed by atoms with Crippen LogP contribution in [0.1, 0.15) is 26.3 Å². The van der Waals surface area contributed by atoms with Crippen molar-refractivity contribution in [3.05, 3.63) is 57.8 Å². The second-order valence-corrected chi connectivity index (χ2v) is 7.94. The van der Waals surface area contributed by atoms with E-state index in [0.717, 1.165) is 13.0 Å². The van der Waals surface area contributed by atoms with E-state index >= 15 is 8.78 Å². The van der Waals surface area contributed by atoms with Crippen LogP contribution in [0.4, 0.5) is 13.2 Å².